The van der Waals surface area contributed by atoms with Gasteiger partial charge in [0.05, 0.1) is 0 Å². The predicted octanol–water partition coefficient (Wildman–Crippen LogP) is 0.947. The summed E-state index contributed by atoms with van der Waals surface area (Å²) in [6, 6.07) is 0. The molecule has 0 aliphatic heterocycles. The number of aliphatic hydroxyl groups excluding tert-OH is 1. The van der Waals surface area contributed by atoms with E-state index in [1.807, 2.05) is 6.92 Å². The Kier molecular flexibility index (Phi) is 4.01. The second-order valence-corrected chi connectivity index (χ2v) is 1.36. The molecule has 0 radical (unpaired) electrons. The van der Waals surface area contributed by atoms with Gasteiger partial charge in [-0.05, 0) is 19.9 Å². The Balaban J connectivity index is 3.59. The number of hydrogen-bond acceptors (Lipinski definition) is 1. The molecule has 0 aromatic carbocycles. The molecule has 0 heterocycles. The highest BCUT2D eigenvalue weighted by atomic mass is 16.3. The third-order valence-corrected chi connectivity index (χ3v) is 0.667. The van der Waals surface area contributed by atoms with Gasteiger partial charge in [-0.1, -0.05) is 12.0 Å². The average molecular weight is 110 g/mol. The fourth-order valence-corrected chi connectivity index (χ4v) is 0.378. The third-order valence-electron chi connectivity index (χ3n) is 0.667. The zero-order valence-corrected chi connectivity index (χ0v) is 5.18. The highest BCUT2D eigenvalue weighted by Crippen LogP contribution is 1.80. The van der Waals surface area contributed by atoms with Crippen LogP contribution in [0.3, 0.4) is 0 Å². The van der Waals surface area contributed by atoms with E-state index in [1.54, 1.807) is 19.1 Å². The summed E-state index contributed by atoms with van der Waals surface area (Å²) in [6.45, 7) is 3.55. The molecule has 0 amide bonds. The number of aliphatic hydroxyl groups is 1. The Hall–Kier alpha value is -0.740. The number of rotatable bonds is 1. The molecule has 0 unspecified atom stereocenters. The van der Waals surface area contributed by atoms with Crippen LogP contribution in [0.4, 0.5) is 0 Å². The summed E-state index contributed by atoms with van der Waals surface area (Å²) in [5.74, 6) is 5.17. The lowest BCUT2D eigenvalue weighted by molar-refractivity contribution is 0.280. The van der Waals surface area contributed by atoms with Crippen LogP contribution in [-0.4, -0.2) is 11.2 Å². The minimum atomic E-state index is -0.579. The third kappa shape index (κ3) is 3.45. The maximum absolute atomic E-state index is 8.79. The molecule has 1 nitrogen and oxygen atoms in total. The van der Waals surface area contributed by atoms with Crippen LogP contribution in [0.5, 0.6) is 0 Å². The van der Waals surface area contributed by atoms with Gasteiger partial charge in [0.25, 0.3) is 0 Å². The standard InChI is InChI=1S/C7H10O/c1-3-5-7(8)6-4-2/h3,5,7-8H,1-2H3/b5-3+/t7-/m0/s1. The molecule has 1 heteroatoms. The normalized spacial score (nSPS) is 12.9. The Morgan fingerprint density at radius 3 is 2.62 bits per heavy atom. The quantitative estimate of drug-likeness (QED) is 0.393. The van der Waals surface area contributed by atoms with Gasteiger partial charge in [0, 0.05) is 0 Å². The van der Waals surface area contributed by atoms with Crippen LogP contribution < -0.4 is 0 Å². The fourth-order valence-electron chi connectivity index (χ4n) is 0.378. The summed E-state index contributed by atoms with van der Waals surface area (Å²) < 4.78 is 0. The lowest BCUT2D eigenvalue weighted by atomic mass is 10.3. The van der Waals surface area contributed by atoms with Crippen molar-refractivity contribution in [1.29, 1.82) is 0 Å². The molecule has 0 rings (SSSR count). The minimum Gasteiger partial charge on any atom is -0.377 e. The van der Waals surface area contributed by atoms with E-state index in [0.29, 0.717) is 0 Å². The second-order valence-electron chi connectivity index (χ2n) is 1.36. The van der Waals surface area contributed by atoms with Crippen molar-refractivity contribution in [1.82, 2.24) is 0 Å². The SMILES string of the molecule is CC#C[C@@H](O)/C=C/C. The van der Waals surface area contributed by atoms with Crippen molar-refractivity contribution >= 4 is 0 Å². The van der Waals surface area contributed by atoms with Crippen molar-refractivity contribution in [3.63, 3.8) is 0 Å². The van der Waals surface area contributed by atoms with Crippen LogP contribution in [-0.2, 0) is 0 Å². The van der Waals surface area contributed by atoms with E-state index >= 15 is 0 Å². The molecule has 0 bridgehead atoms. The van der Waals surface area contributed by atoms with Gasteiger partial charge in [-0.2, -0.15) is 0 Å². The van der Waals surface area contributed by atoms with E-state index in [1.165, 1.54) is 0 Å². The lowest BCUT2D eigenvalue weighted by Gasteiger charge is -1.88. The van der Waals surface area contributed by atoms with Gasteiger partial charge in [0.2, 0.25) is 0 Å². The molecule has 0 aromatic heterocycles. The lowest BCUT2D eigenvalue weighted by Crippen LogP contribution is -1.95. The summed E-state index contributed by atoms with van der Waals surface area (Å²) >= 11 is 0. The Morgan fingerprint density at radius 1 is 1.62 bits per heavy atom. The zero-order valence-electron chi connectivity index (χ0n) is 5.18. The van der Waals surface area contributed by atoms with Crippen LogP contribution in [0.1, 0.15) is 13.8 Å². The maximum atomic E-state index is 8.79. The minimum absolute atomic E-state index is 0.579. The summed E-state index contributed by atoms with van der Waals surface area (Å²) in [4.78, 5) is 0. The number of hydrogen-bond donors (Lipinski definition) is 1. The summed E-state index contributed by atoms with van der Waals surface area (Å²) in [7, 11) is 0. The Morgan fingerprint density at radius 2 is 2.25 bits per heavy atom. The molecule has 0 saturated heterocycles. The van der Waals surface area contributed by atoms with Gasteiger partial charge >= 0.3 is 0 Å². The molecular weight excluding hydrogens is 100 g/mol. The molecule has 0 aromatic rings. The van der Waals surface area contributed by atoms with E-state index in [0.717, 1.165) is 0 Å². The van der Waals surface area contributed by atoms with Gasteiger partial charge in [-0.3, -0.25) is 0 Å². The molecule has 1 N–H and O–H groups in total. The molecule has 0 spiro atoms. The highest BCUT2D eigenvalue weighted by Gasteiger charge is 1.84. The summed E-state index contributed by atoms with van der Waals surface area (Å²) in [6.07, 6.45) is 2.83. The topological polar surface area (TPSA) is 20.2 Å². The first kappa shape index (κ1) is 7.26. The van der Waals surface area contributed by atoms with Crippen LogP contribution in [0, 0.1) is 11.8 Å². The van der Waals surface area contributed by atoms with Crippen LogP contribution in [0.15, 0.2) is 12.2 Å². The van der Waals surface area contributed by atoms with Crippen molar-refractivity contribution in [3.05, 3.63) is 12.2 Å². The molecular formula is C7H10O. The van der Waals surface area contributed by atoms with E-state index in [2.05, 4.69) is 11.8 Å². The summed E-state index contributed by atoms with van der Waals surface area (Å²) in [5.41, 5.74) is 0. The highest BCUT2D eigenvalue weighted by molar-refractivity contribution is 5.09. The first-order valence-electron chi connectivity index (χ1n) is 2.54. The Bertz CT molecular complexity index is 125. The van der Waals surface area contributed by atoms with E-state index in [-0.39, 0.29) is 0 Å². The van der Waals surface area contributed by atoms with E-state index in [9.17, 15) is 0 Å². The van der Waals surface area contributed by atoms with Crippen LogP contribution in [0.25, 0.3) is 0 Å². The monoisotopic (exact) mass is 110 g/mol. The molecule has 0 aliphatic carbocycles. The number of allylic oxidation sites excluding steroid dienone is 1. The molecule has 0 fully saturated rings. The molecule has 0 saturated carbocycles. The van der Waals surface area contributed by atoms with Crippen molar-refractivity contribution in [2.75, 3.05) is 0 Å². The van der Waals surface area contributed by atoms with Gasteiger partial charge < -0.3 is 5.11 Å². The van der Waals surface area contributed by atoms with Crippen molar-refractivity contribution in [2.24, 2.45) is 0 Å². The van der Waals surface area contributed by atoms with Gasteiger partial charge in [-0.25, -0.2) is 0 Å². The Labute approximate surface area is 50.0 Å². The fraction of sp³-hybridized carbons (Fsp3) is 0.429. The summed E-state index contributed by atoms with van der Waals surface area (Å²) in [5, 5.41) is 8.79. The maximum Gasteiger partial charge on any atom is 0.133 e. The van der Waals surface area contributed by atoms with Crippen molar-refractivity contribution in [3.8, 4) is 11.8 Å². The van der Waals surface area contributed by atoms with Crippen molar-refractivity contribution < 1.29 is 5.11 Å². The van der Waals surface area contributed by atoms with Gasteiger partial charge in [-0.15, -0.1) is 5.92 Å². The van der Waals surface area contributed by atoms with Gasteiger partial charge in [0.1, 0.15) is 6.10 Å². The molecule has 8 heavy (non-hydrogen) atoms. The van der Waals surface area contributed by atoms with Crippen LogP contribution >= 0.6 is 0 Å². The second kappa shape index (κ2) is 4.42. The molecule has 1 atom stereocenters. The molecule has 0 aliphatic rings. The van der Waals surface area contributed by atoms with Crippen LogP contribution in [0.2, 0.25) is 0 Å². The van der Waals surface area contributed by atoms with E-state index in [4.69, 9.17) is 5.11 Å². The van der Waals surface area contributed by atoms with Gasteiger partial charge in [0.15, 0.2) is 0 Å². The first-order chi connectivity index (χ1) is 3.81. The first-order valence-corrected chi connectivity index (χ1v) is 2.54. The van der Waals surface area contributed by atoms with E-state index < -0.39 is 6.10 Å². The largest absolute Gasteiger partial charge is 0.377 e. The molecule has 44 valence electrons. The smallest absolute Gasteiger partial charge is 0.133 e. The zero-order chi connectivity index (χ0) is 6.41. The average Bonchev–Trinajstić information content (AvgIpc) is 1.68. The predicted molar refractivity (Wildman–Crippen MR) is 34.3 cm³/mol. The van der Waals surface area contributed by atoms with Crippen molar-refractivity contribution in [2.45, 2.75) is 20.0 Å².